The molecule has 0 radical (unpaired) electrons. The molecule has 150 valence electrons. The van der Waals surface area contributed by atoms with Crippen molar-refractivity contribution in [1.29, 1.82) is 0 Å². The molecule has 0 atom stereocenters. The molecule has 0 aliphatic rings. The first-order chi connectivity index (χ1) is 13.7. The van der Waals surface area contributed by atoms with E-state index in [1.165, 1.54) is 53.4 Å². The molecule has 0 fully saturated rings. The van der Waals surface area contributed by atoms with Crippen molar-refractivity contribution < 1.29 is 22.0 Å². The molecule has 3 rings (SSSR count). The van der Waals surface area contributed by atoms with Crippen LogP contribution in [0.25, 0.3) is 0 Å². The van der Waals surface area contributed by atoms with Crippen LogP contribution in [0.15, 0.2) is 77.7 Å². The second-order valence-corrected chi connectivity index (χ2v) is 8.11. The highest BCUT2D eigenvalue weighted by molar-refractivity contribution is 7.92. The molecule has 0 saturated heterocycles. The SMILES string of the molecule is CN(Cc1ccc(F)cc1)C(=O)c1cccc(S(=O)(=O)Nc2ccc(F)cc2)c1. The Morgan fingerprint density at radius 3 is 2.14 bits per heavy atom. The number of nitrogens with zero attached hydrogens (tertiary/aromatic N) is 1. The number of amides is 1. The van der Waals surface area contributed by atoms with Crippen LogP contribution in [0.1, 0.15) is 15.9 Å². The van der Waals surface area contributed by atoms with Crippen molar-refractivity contribution in [3.8, 4) is 0 Å². The fourth-order valence-electron chi connectivity index (χ4n) is 2.68. The van der Waals surface area contributed by atoms with Gasteiger partial charge in [-0.3, -0.25) is 9.52 Å². The van der Waals surface area contributed by atoms with Gasteiger partial charge < -0.3 is 4.90 Å². The molecule has 0 bridgehead atoms. The lowest BCUT2D eigenvalue weighted by Gasteiger charge is -2.18. The van der Waals surface area contributed by atoms with E-state index in [-0.39, 0.29) is 34.4 Å². The first-order valence-electron chi connectivity index (χ1n) is 8.63. The van der Waals surface area contributed by atoms with Crippen molar-refractivity contribution in [3.05, 3.63) is 95.6 Å². The number of benzene rings is 3. The number of carbonyl (C=O) groups is 1. The molecule has 29 heavy (non-hydrogen) atoms. The van der Waals surface area contributed by atoms with Gasteiger partial charge in [-0.25, -0.2) is 17.2 Å². The summed E-state index contributed by atoms with van der Waals surface area (Å²) >= 11 is 0. The van der Waals surface area contributed by atoms with E-state index in [0.717, 1.165) is 17.7 Å². The summed E-state index contributed by atoms with van der Waals surface area (Å²) < 4.78 is 53.5. The van der Waals surface area contributed by atoms with E-state index in [4.69, 9.17) is 0 Å². The third kappa shape index (κ3) is 5.17. The molecule has 0 spiro atoms. The smallest absolute Gasteiger partial charge is 0.261 e. The average molecular weight is 416 g/mol. The van der Waals surface area contributed by atoms with Crippen LogP contribution in [0, 0.1) is 11.6 Å². The highest BCUT2D eigenvalue weighted by atomic mass is 32.2. The topological polar surface area (TPSA) is 66.5 Å². The Kier molecular flexibility index (Phi) is 5.93. The molecule has 0 aliphatic carbocycles. The van der Waals surface area contributed by atoms with Gasteiger partial charge in [0.1, 0.15) is 11.6 Å². The maximum atomic E-state index is 13.0. The standard InChI is InChI=1S/C21H18F2N2O3S/c1-25(14-15-5-7-17(22)8-6-15)21(26)16-3-2-4-20(13-16)29(27,28)24-19-11-9-18(23)10-12-19/h2-13,24H,14H2,1H3. The molecule has 3 aromatic carbocycles. The monoisotopic (exact) mass is 416 g/mol. The van der Waals surface area contributed by atoms with Gasteiger partial charge in [0.15, 0.2) is 0 Å². The first-order valence-corrected chi connectivity index (χ1v) is 10.1. The molecule has 0 aromatic heterocycles. The number of nitrogens with one attached hydrogen (secondary N) is 1. The summed E-state index contributed by atoms with van der Waals surface area (Å²) in [6, 6.07) is 16.3. The predicted octanol–water partition coefficient (Wildman–Crippen LogP) is 4.04. The van der Waals surface area contributed by atoms with E-state index in [0.29, 0.717) is 0 Å². The van der Waals surface area contributed by atoms with E-state index in [1.807, 2.05) is 0 Å². The van der Waals surface area contributed by atoms with E-state index in [1.54, 1.807) is 19.2 Å². The largest absolute Gasteiger partial charge is 0.337 e. The minimum Gasteiger partial charge on any atom is -0.337 e. The van der Waals surface area contributed by atoms with Crippen LogP contribution < -0.4 is 4.72 Å². The summed E-state index contributed by atoms with van der Waals surface area (Å²) in [6.07, 6.45) is 0. The predicted molar refractivity (Wildman–Crippen MR) is 106 cm³/mol. The molecule has 1 N–H and O–H groups in total. The number of hydrogen-bond donors (Lipinski definition) is 1. The van der Waals surface area contributed by atoms with Crippen LogP contribution in [0.5, 0.6) is 0 Å². The van der Waals surface area contributed by atoms with Crippen LogP contribution in [0.3, 0.4) is 0 Å². The molecule has 0 saturated carbocycles. The number of hydrogen-bond acceptors (Lipinski definition) is 3. The first kappa shape index (κ1) is 20.5. The lowest BCUT2D eigenvalue weighted by atomic mass is 10.1. The molecule has 8 heteroatoms. The Bertz CT molecular complexity index is 1120. The zero-order valence-electron chi connectivity index (χ0n) is 15.5. The molecule has 0 aliphatic heterocycles. The summed E-state index contributed by atoms with van der Waals surface area (Å²) in [5, 5.41) is 0. The van der Waals surface area contributed by atoms with Gasteiger partial charge in [-0.15, -0.1) is 0 Å². The number of halogens is 2. The van der Waals surface area contributed by atoms with Gasteiger partial charge in [-0.2, -0.15) is 0 Å². The number of sulfonamides is 1. The Morgan fingerprint density at radius 2 is 1.52 bits per heavy atom. The van der Waals surface area contributed by atoms with E-state index in [9.17, 15) is 22.0 Å². The van der Waals surface area contributed by atoms with E-state index in [2.05, 4.69) is 4.72 Å². The van der Waals surface area contributed by atoms with Crippen LogP contribution in [0.4, 0.5) is 14.5 Å². The Hall–Kier alpha value is -3.26. The zero-order chi connectivity index (χ0) is 21.0. The molecular weight excluding hydrogens is 398 g/mol. The minimum absolute atomic E-state index is 0.0946. The quantitative estimate of drug-likeness (QED) is 0.660. The third-order valence-electron chi connectivity index (χ3n) is 4.17. The normalized spacial score (nSPS) is 11.1. The number of carbonyl (C=O) groups excluding carboxylic acids is 1. The van der Waals surface area contributed by atoms with Gasteiger partial charge >= 0.3 is 0 Å². The second-order valence-electron chi connectivity index (χ2n) is 6.43. The fraction of sp³-hybridized carbons (Fsp3) is 0.0952. The van der Waals surface area contributed by atoms with Crippen LogP contribution >= 0.6 is 0 Å². The van der Waals surface area contributed by atoms with Crippen molar-refractivity contribution in [1.82, 2.24) is 4.90 Å². The molecule has 0 unspecified atom stereocenters. The summed E-state index contributed by atoms with van der Waals surface area (Å²) in [5.74, 6) is -1.23. The van der Waals surface area contributed by atoms with Gasteiger partial charge in [0, 0.05) is 24.8 Å². The Labute approximate surface area is 167 Å². The third-order valence-corrected chi connectivity index (χ3v) is 5.55. The molecule has 5 nitrogen and oxygen atoms in total. The summed E-state index contributed by atoms with van der Waals surface area (Å²) in [5.41, 5.74) is 1.14. The average Bonchev–Trinajstić information content (AvgIpc) is 2.71. The van der Waals surface area contributed by atoms with Gasteiger partial charge in [0.2, 0.25) is 0 Å². The Morgan fingerprint density at radius 1 is 0.931 bits per heavy atom. The highest BCUT2D eigenvalue weighted by Crippen LogP contribution is 2.19. The van der Waals surface area contributed by atoms with Crippen molar-refractivity contribution in [3.63, 3.8) is 0 Å². The van der Waals surface area contributed by atoms with Gasteiger partial charge in [-0.1, -0.05) is 18.2 Å². The maximum absolute atomic E-state index is 13.0. The summed E-state index contributed by atoms with van der Waals surface area (Å²) in [4.78, 5) is 14.0. The molecular formula is C21H18F2N2O3S. The van der Waals surface area contributed by atoms with Crippen molar-refractivity contribution in [2.45, 2.75) is 11.4 Å². The van der Waals surface area contributed by atoms with Gasteiger partial charge in [0.05, 0.1) is 4.90 Å². The summed E-state index contributed by atoms with van der Waals surface area (Å²) in [7, 11) is -2.38. The van der Waals surface area contributed by atoms with Gasteiger partial charge in [-0.05, 0) is 60.2 Å². The molecule has 3 aromatic rings. The van der Waals surface area contributed by atoms with Crippen LogP contribution in [-0.2, 0) is 16.6 Å². The van der Waals surface area contributed by atoms with Gasteiger partial charge in [0.25, 0.3) is 15.9 Å². The lowest BCUT2D eigenvalue weighted by molar-refractivity contribution is 0.0785. The van der Waals surface area contributed by atoms with Crippen LogP contribution in [-0.4, -0.2) is 26.3 Å². The second kappa shape index (κ2) is 8.40. The van der Waals surface area contributed by atoms with Crippen molar-refractivity contribution in [2.24, 2.45) is 0 Å². The summed E-state index contributed by atoms with van der Waals surface area (Å²) in [6.45, 7) is 0.240. The lowest BCUT2D eigenvalue weighted by Crippen LogP contribution is -2.26. The highest BCUT2D eigenvalue weighted by Gasteiger charge is 2.18. The Balaban J connectivity index is 1.77. The van der Waals surface area contributed by atoms with Crippen molar-refractivity contribution in [2.75, 3.05) is 11.8 Å². The number of anilines is 1. The molecule has 0 heterocycles. The number of rotatable bonds is 6. The minimum atomic E-state index is -3.96. The maximum Gasteiger partial charge on any atom is 0.261 e. The van der Waals surface area contributed by atoms with E-state index < -0.39 is 15.8 Å². The van der Waals surface area contributed by atoms with E-state index >= 15 is 0 Å². The molecule has 1 amide bonds. The zero-order valence-corrected chi connectivity index (χ0v) is 16.3. The van der Waals surface area contributed by atoms with Crippen LogP contribution in [0.2, 0.25) is 0 Å². The fourth-order valence-corrected chi connectivity index (χ4v) is 3.79. The van der Waals surface area contributed by atoms with Crippen molar-refractivity contribution >= 4 is 21.6 Å².